The highest BCUT2D eigenvalue weighted by molar-refractivity contribution is 6.01. The van der Waals surface area contributed by atoms with Crippen LogP contribution >= 0.6 is 0 Å². The maximum absolute atomic E-state index is 14.8. The number of nitrogens with one attached hydrogen (secondary N) is 1. The van der Waals surface area contributed by atoms with Crippen molar-refractivity contribution < 1.29 is 13.9 Å². The first-order valence-corrected chi connectivity index (χ1v) is 12.3. The Morgan fingerprint density at radius 2 is 2.03 bits per heavy atom. The molecule has 2 saturated heterocycles. The van der Waals surface area contributed by atoms with E-state index in [0.29, 0.717) is 28.7 Å². The molecule has 0 spiro atoms. The number of aromatic nitrogens is 3. The third-order valence-electron chi connectivity index (χ3n) is 7.21. The molecule has 0 saturated carbocycles. The van der Waals surface area contributed by atoms with E-state index in [1.54, 1.807) is 16.8 Å². The number of ether oxygens (including phenoxy) is 1. The zero-order valence-corrected chi connectivity index (χ0v) is 19.8. The maximum atomic E-state index is 14.8. The van der Waals surface area contributed by atoms with Gasteiger partial charge in [-0.3, -0.25) is 9.69 Å². The summed E-state index contributed by atoms with van der Waals surface area (Å²) in [5.74, 6) is 0.0611. The normalized spacial score (nSPS) is 20.2. The van der Waals surface area contributed by atoms with Crippen LogP contribution in [0.4, 0.5) is 10.2 Å². The summed E-state index contributed by atoms with van der Waals surface area (Å²) in [5, 5.41) is 17.2. The molecular formula is C26H26FN7O2. The average molecular weight is 488 g/mol. The lowest BCUT2D eigenvalue weighted by Gasteiger charge is -2.40. The van der Waals surface area contributed by atoms with Crippen molar-refractivity contribution in [1.82, 2.24) is 25.0 Å². The van der Waals surface area contributed by atoms with Crippen LogP contribution in [0, 0.1) is 17.1 Å². The summed E-state index contributed by atoms with van der Waals surface area (Å²) in [7, 11) is 0. The molecule has 9 nitrogen and oxygen atoms in total. The Hall–Kier alpha value is -3.81. The SMILES string of the molecule is N#Cc1cccc(F)c1-c1cc(-n2ccc(N3CCC[C@@H](N4CCOCC4)C3)n2)c2c(n1)CNC2=O. The fourth-order valence-corrected chi connectivity index (χ4v) is 5.42. The highest BCUT2D eigenvalue weighted by Gasteiger charge is 2.30. The number of piperidine rings is 1. The Morgan fingerprint density at radius 1 is 1.17 bits per heavy atom. The van der Waals surface area contributed by atoms with Crippen LogP contribution in [0.25, 0.3) is 16.9 Å². The van der Waals surface area contributed by atoms with Gasteiger partial charge in [-0.05, 0) is 31.0 Å². The molecule has 0 radical (unpaired) electrons. The molecule has 184 valence electrons. The van der Waals surface area contributed by atoms with Gasteiger partial charge in [0.25, 0.3) is 5.91 Å². The number of halogens is 1. The summed E-state index contributed by atoms with van der Waals surface area (Å²) in [6.07, 6.45) is 4.06. The lowest BCUT2D eigenvalue weighted by Crippen LogP contribution is -2.51. The number of amides is 1. The predicted molar refractivity (Wildman–Crippen MR) is 130 cm³/mol. The Kier molecular flexibility index (Phi) is 5.87. The molecule has 0 unspecified atom stereocenters. The van der Waals surface area contributed by atoms with Gasteiger partial charge in [0.1, 0.15) is 5.82 Å². The minimum atomic E-state index is -0.534. The number of rotatable bonds is 4. The molecule has 2 fully saturated rings. The van der Waals surface area contributed by atoms with E-state index in [2.05, 4.69) is 20.1 Å². The molecule has 36 heavy (non-hydrogen) atoms. The largest absolute Gasteiger partial charge is 0.379 e. The van der Waals surface area contributed by atoms with E-state index < -0.39 is 5.82 Å². The number of carbonyl (C=O) groups is 1. The van der Waals surface area contributed by atoms with Gasteiger partial charge in [-0.1, -0.05) is 6.07 Å². The van der Waals surface area contributed by atoms with E-state index in [4.69, 9.17) is 9.84 Å². The zero-order chi connectivity index (χ0) is 24.6. The van der Waals surface area contributed by atoms with Crippen molar-refractivity contribution in [3.63, 3.8) is 0 Å². The molecule has 1 aromatic carbocycles. The lowest BCUT2D eigenvalue weighted by molar-refractivity contribution is 0.0137. The van der Waals surface area contributed by atoms with Gasteiger partial charge in [0.2, 0.25) is 0 Å². The minimum absolute atomic E-state index is 0.125. The van der Waals surface area contributed by atoms with Gasteiger partial charge in [-0.2, -0.15) is 10.4 Å². The maximum Gasteiger partial charge on any atom is 0.255 e. The second-order valence-electron chi connectivity index (χ2n) is 9.31. The minimum Gasteiger partial charge on any atom is -0.379 e. The molecule has 1 atom stereocenters. The summed E-state index contributed by atoms with van der Waals surface area (Å²) in [6.45, 7) is 5.50. The topological polar surface area (TPSA) is 99.3 Å². The third kappa shape index (κ3) is 4.00. The highest BCUT2D eigenvalue weighted by atomic mass is 19.1. The van der Waals surface area contributed by atoms with Crippen molar-refractivity contribution in [2.75, 3.05) is 44.3 Å². The van der Waals surface area contributed by atoms with E-state index in [-0.39, 0.29) is 23.6 Å². The molecule has 1 amide bonds. The average Bonchev–Trinajstić information content (AvgIpc) is 3.56. The highest BCUT2D eigenvalue weighted by Crippen LogP contribution is 2.32. The number of fused-ring (bicyclic) bond motifs is 1. The Morgan fingerprint density at radius 3 is 2.86 bits per heavy atom. The smallest absolute Gasteiger partial charge is 0.255 e. The fraction of sp³-hybridized carbons (Fsp3) is 0.385. The van der Waals surface area contributed by atoms with Gasteiger partial charge in [0, 0.05) is 44.5 Å². The van der Waals surface area contributed by atoms with Crippen molar-refractivity contribution in [1.29, 1.82) is 5.26 Å². The lowest BCUT2D eigenvalue weighted by atomic mass is 10.0. The van der Waals surface area contributed by atoms with Gasteiger partial charge in [-0.25, -0.2) is 14.1 Å². The second kappa shape index (κ2) is 9.33. The number of carbonyl (C=O) groups excluding carboxylic acids is 1. The van der Waals surface area contributed by atoms with Crippen LogP contribution in [-0.4, -0.2) is 71.0 Å². The van der Waals surface area contributed by atoms with Crippen LogP contribution in [0.15, 0.2) is 36.5 Å². The van der Waals surface area contributed by atoms with Gasteiger partial charge in [-0.15, -0.1) is 0 Å². The van der Waals surface area contributed by atoms with Crippen molar-refractivity contribution in [3.05, 3.63) is 59.2 Å². The van der Waals surface area contributed by atoms with Crippen LogP contribution in [0.5, 0.6) is 0 Å². The molecule has 0 aliphatic carbocycles. The summed E-state index contributed by atoms with van der Waals surface area (Å²) >= 11 is 0. The summed E-state index contributed by atoms with van der Waals surface area (Å²) < 4.78 is 22.0. The van der Waals surface area contributed by atoms with E-state index in [1.807, 2.05) is 18.3 Å². The van der Waals surface area contributed by atoms with E-state index in [1.165, 1.54) is 12.1 Å². The number of anilines is 1. The Bertz CT molecular complexity index is 1360. The van der Waals surface area contributed by atoms with Gasteiger partial charge < -0.3 is 15.0 Å². The van der Waals surface area contributed by atoms with Gasteiger partial charge in [0.15, 0.2) is 5.82 Å². The molecule has 3 aliphatic heterocycles. The molecule has 5 heterocycles. The van der Waals surface area contributed by atoms with Gasteiger partial charge in [0.05, 0.1) is 59.6 Å². The Balaban J connectivity index is 1.36. The summed E-state index contributed by atoms with van der Waals surface area (Å²) in [6, 6.07) is 10.5. The number of benzene rings is 1. The zero-order valence-electron chi connectivity index (χ0n) is 19.8. The quantitative estimate of drug-likeness (QED) is 0.604. The molecule has 10 heteroatoms. The molecule has 2 aromatic heterocycles. The van der Waals surface area contributed by atoms with E-state index in [9.17, 15) is 14.4 Å². The van der Waals surface area contributed by atoms with Gasteiger partial charge >= 0.3 is 0 Å². The third-order valence-corrected chi connectivity index (χ3v) is 7.21. The van der Waals surface area contributed by atoms with Crippen molar-refractivity contribution in [3.8, 4) is 23.0 Å². The van der Waals surface area contributed by atoms with Crippen LogP contribution in [0.2, 0.25) is 0 Å². The van der Waals surface area contributed by atoms with Crippen LogP contribution < -0.4 is 10.2 Å². The molecule has 1 N–H and O–H groups in total. The van der Waals surface area contributed by atoms with Crippen molar-refractivity contribution in [2.45, 2.75) is 25.4 Å². The number of nitrogens with zero attached hydrogens (tertiary/aromatic N) is 6. The first kappa shape index (κ1) is 22.6. The molecule has 3 aromatic rings. The predicted octanol–water partition coefficient (Wildman–Crippen LogP) is 2.49. The number of hydrogen-bond acceptors (Lipinski definition) is 7. The standard InChI is InChI=1S/C26H26FN7O2/c27-19-5-1-3-17(14-28)24(19)20-13-22(25-21(30-20)15-29-26(25)35)34-8-6-23(31-34)33-7-2-4-18(16-33)32-9-11-36-12-10-32/h1,3,5-6,8,13,18H,2,4,7,9-12,15-16H2,(H,29,35)/t18-/m1/s1. The Labute approximate surface area is 208 Å². The van der Waals surface area contributed by atoms with E-state index >= 15 is 0 Å². The van der Waals surface area contributed by atoms with Crippen LogP contribution in [0.3, 0.4) is 0 Å². The van der Waals surface area contributed by atoms with E-state index in [0.717, 1.165) is 58.1 Å². The summed E-state index contributed by atoms with van der Waals surface area (Å²) in [5.41, 5.74) is 2.08. The first-order valence-electron chi connectivity index (χ1n) is 12.3. The second-order valence-corrected chi connectivity index (χ2v) is 9.31. The summed E-state index contributed by atoms with van der Waals surface area (Å²) in [4.78, 5) is 22.0. The number of morpholine rings is 1. The fourth-order valence-electron chi connectivity index (χ4n) is 5.42. The molecule has 0 bridgehead atoms. The van der Waals surface area contributed by atoms with Crippen molar-refractivity contribution in [2.24, 2.45) is 0 Å². The van der Waals surface area contributed by atoms with Crippen LogP contribution in [-0.2, 0) is 11.3 Å². The number of pyridine rings is 1. The molecule has 3 aliphatic rings. The number of nitriles is 1. The first-order chi connectivity index (χ1) is 17.6. The van der Waals surface area contributed by atoms with Crippen molar-refractivity contribution >= 4 is 11.7 Å². The van der Waals surface area contributed by atoms with Crippen LogP contribution in [0.1, 0.15) is 34.5 Å². The monoisotopic (exact) mass is 487 g/mol. The number of hydrogen-bond donors (Lipinski definition) is 1. The molecule has 6 rings (SSSR count). The molecular weight excluding hydrogens is 461 g/mol.